The fourth-order valence-corrected chi connectivity index (χ4v) is 3.66. The second-order valence-electron chi connectivity index (χ2n) is 7.34. The number of hydrogen-bond donors (Lipinski definition) is 1. The zero-order valence-electron chi connectivity index (χ0n) is 17.4. The molecular weight excluding hydrogens is 398 g/mol. The van der Waals surface area contributed by atoms with Crippen LogP contribution in [0.25, 0.3) is 21.9 Å². The summed E-state index contributed by atoms with van der Waals surface area (Å²) < 4.78 is 15.7. The van der Waals surface area contributed by atoms with Crippen molar-refractivity contribution >= 4 is 39.5 Å². The number of esters is 1. The number of aryl methyl sites for hydroxylation is 2. The number of fused-ring (bicyclic) bond motifs is 2. The molecule has 4 aromatic rings. The molecule has 2 heterocycles. The third kappa shape index (κ3) is 3.82. The molecule has 0 atom stereocenters. The molecule has 0 saturated carbocycles. The molecule has 1 amide bonds. The molecule has 7 nitrogen and oxygen atoms in total. The first kappa shape index (κ1) is 20.4. The van der Waals surface area contributed by atoms with Crippen molar-refractivity contribution in [3.05, 3.63) is 75.3 Å². The first-order valence-electron chi connectivity index (χ1n) is 9.80. The third-order valence-corrected chi connectivity index (χ3v) is 5.38. The maximum atomic E-state index is 12.6. The molecule has 0 saturated heterocycles. The number of methoxy groups -OCH3 is 1. The molecule has 4 rings (SSSR count). The number of benzene rings is 2. The van der Waals surface area contributed by atoms with Gasteiger partial charge in [0.15, 0.2) is 0 Å². The first-order valence-corrected chi connectivity index (χ1v) is 9.80. The summed E-state index contributed by atoms with van der Waals surface area (Å²) in [5.41, 5.74) is 3.47. The predicted octanol–water partition coefficient (Wildman–Crippen LogP) is 4.51. The third-order valence-electron chi connectivity index (χ3n) is 5.38. The Morgan fingerprint density at radius 1 is 1.06 bits per heavy atom. The van der Waals surface area contributed by atoms with Crippen molar-refractivity contribution in [3.8, 4) is 0 Å². The number of anilines is 1. The van der Waals surface area contributed by atoms with Gasteiger partial charge in [-0.2, -0.15) is 0 Å². The van der Waals surface area contributed by atoms with Gasteiger partial charge in [-0.3, -0.25) is 4.79 Å². The average Bonchev–Trinajstić information content (AvgIpc) is 3.12. The fraction of sp³-hybridized carbons (Fsp3) is 0.208. The van der Waals surface area contributed by atoms with E-state index in [1.807, 2.05) is 19.9 Å². The highest BCUT2D eigenvalue weighted by atomic mass is 16.5. The lowest BCUT2D eigenvalue weighted by Gasteiger charge is -2.10. The van der Waals surface area contributed by atoms with Gasteiger partial charge in [-0.05, 0) is 49.6 Å². The van der Waals surface area contributed by atoms with Crippen LogP contribution in [0, 0.1) is 13.8 Å². The van der Waals surface area contributed by atoms with E-state index < -0.39 is 11.6 Å². The molecular formula is C24H21NO6. The SMILES string of the molecule is COC(=O)c1ccccc1NC(=O)CCc1c(C)c2cc3c(C)coc3cc2oc1=O. The van der Waals surface area contributed by atoms with Gasteiger partial charge in [0.05, 0.1) is 24.6 Å². The van der Waals surface area contributed by atoms with E-state index in [1.54, 1.807) is 36.6 Å². The maximum absolute atomic E-state index is 12.6. The van der Waals surface area contributed by atoms with Crippen molar-refractivity contribution in [1.29, 1.82) is 0 Å². The number of ether oxygens (including phenoxy) is 1. The Kier molecular flexibility index (Phi) is 5.33. The van der Waals surface area contributed by atoms with Gasteiger partial charge >= 0.3 is 11.6 Å². The Bertz CT molecular complexity index is 1380. The van der Waals surface area contributed by atoms with Crippen molar-refractivity contribution in [1.82, 2.24) is 0 Å². The van der Waals surface area contributed by atoms with E-state index in [4.69, 9.17) is 13.6 Å². The van der Waals surface area contributed by atoms with Gasteiger partial charge in [0.25, 0.3) is 0 Å². The van der Waals surface area contributed by atoms with Crippen LogP contribution < -0.4 is 10.9 Å². The van der Waals surface area contributed by atoms with Gasteiger partial charge < -0.3 is 18.9 Å². The van der Waals surface area contributed by atoms with Crippen LogP contribution in [0.3, 0.4) is 0 Å². The van der Waals surface area contributed by atoms with E-state index in [1.165, 1.54) is 7.11 Å². The number of nitrogens with one attached hydrogen (secondary N) is 1. The molecule has 0 aliphatic carbocycles. The van der Waals surface area contributed by atoms with Crippen molar-refractivity contribution < 1.29 is 23.2 Å². The highest BCUT2D eigenvalue weighted by molar-refractivity contribution is 6.01. The van der Waals surface area contributed by atoms with Gasteiger partial charge in [-0.25, -0.2) is 9.59 Å². The average molecular weight is 419 g/mol. The molecule has 0 spiro atoms. The molecule has 2 aromatic carbocycles. The van der Waals surface area contributed by atoms with Crippen LogP contribution in [0.15, 0.2) is 56.3 Å². The minimum atomic E-state index is -0.539. The van der Waals surface area contributed by atoms with Crippen LogP contribution in [0.5, 0.6) is 0 Å². The second-order valence-corrected chi connectivity index (χ2v) is 7.34. The maximum Gasteiger partial charge on any atom is 0.339 e. The quantitative estimate of drug-likeness (QED) is 0.377. The molecule has 2 aromatic heterocycles. The summed E-state index contributed by atoms with van der Waals surface area (Å²) in [6.07, 6.45) is 1.92. The summed E-state index contributed by atoms with van der Waals surface area (Å²) in [6, 6.07) is 10.2. The van der Waals surface area contributed by atoms with E-state index in [0.717, 1.165) is 21.9 Å². The van der Waals surface area contributed by atoms with Crippen LogP contribution in [0.4, 0.5) is 5.69 Å². The highest BCUT2D eigenvalue weighted by Crippen LogP contribution is 2.29. The van der Waals surface area contributed by atoms with Crippen LogP contribution in [0.1, 0.15) is 33.5 Å². The minimum absolute atomic E-state index is 0.0552. The van der Waals surface area contributed by atoms with E-state index >= 15 is 0 Å². The summed E-state index contributed by atoms with van der Waals surface area (Å²) in [5, 5.41) is 4.48. The van der Waals surface area contributed by atoms with Gasteiger partial charge in [0.2, 0.25) is 5.91 Å². The second kappa shape index (κ2) is 8.10. The minimum Gasteiger partial charge on any atom is -0.465 e. The molecule has 0 aliphatic heterocycles. The van der Waals surface area contributed by atoms with E-state index in [0.29, 0.717) is 22.4 Å². The standard InChI is InChI=1S/C24H21NO6/c1-13-12-30-20-11-21-18(10-17(13)20)14(2)15(24(28)31-21)8-9-22(26)25-19-7-5-4-6-16(19)23(27)29-3/h4-7,10-12H,8-9H2,1-3H3,(H,25,26). The Hall–Kier alpha value is -3.87. The Morgan fingerprint density at radius 2 is 1.84 bits per heavy atom. The molecule has 0 radical (unpaired) electrons. The number of amides is 1. The molecule has 158 valence electrons. The van der Waals surface area contributed by atoms with Crippen LogP contribution in [-0.2, 0) is 16.0 Å². The Labute approximate surface area is 177 Å². The van der Waals surface area contributed by atoms with Crippen molar-refractivity contribution in [3.63, 3.8) is 0 Å². The largest absolute Gasteiger partial charge is 0.465 e. The van der Waals surface area contributed by atoms with Gasteiger partial charge in [-0.1, -0.05) is 12.1 Å². The van der Waals surface area contributed by atoms with Crippen molar-refractivity contribution in [2.45, 2.75) is 26.7 Å². The lowest BCUT2D eigenvalue weighted by atomic mass is 10.0. The van der Waals surface area contributed by atoms with E-state index in [9.17, 15) is 14.4 Å². The zero-order chi connectivity index (χ0) is 22.1. The summed E-state index contributed by atoms with van der Waals surface area (Å²) in [7, 11) is 1.28. The summed E-state index contributed by atoms with van der Waals surface area (Å²) in [5.74, 6) is -0.862. The molecule has 31 heavy (non-hydrogen) atoms. The summed E-state index contributed by atoms with van der Waals surface area (Å²) in [4.78, 5) is 36.9. The number of carbonyl (C=O) groups is 2. The lowest BCUT2D eigenvalue weighted by Crippen LogP contribution is -2.18. The summed E-state index contributed by atoms with van der Waals surface area (Å²) >= 11 is 0. The van der Waals surface area contributed by atoms with Gasteiger partial charge in [0, 0.05) is 28.8 Å². The molecule has 0 unspecified atom stereocenters. The fourth-order valence-electron chi connectivity index (χ4n) is 3.66. The molecule has 0 fully saturated rings. The van der Waals surface area contributed by atoms with E-state index in [-0.39, 0.29) is 24.3 Å². The Balaban J connectivity index is 1.58. The van der Waals surface area contributed by atoms with Crippen LogP contribution >= 0.6 is 0 Å². The first-order chi connectivity index (χ1) is 14.9. The number of carbonyl (C=O) groups excluding carboxylic acids is 2. The van der Waals surface area contributed by atoms with Gasteiger partial charge in [-0.15, -0.1) is 0 Å². The highest BCUT2D eigenvalue weighted by Gasteiger charge is 2.17. The number of furan rings is 1. The van der Waals surface area contributed by atoms with Crippen LogP contribution in [0.2, 0.25) is 0 Å². The summed E-state index contributed by atoms with van der Waals surface area (Å²) in [6.45, 7) is 3.80. The molecule has 7 heteroatoms. The number of hydrogen-bond acceptors (Lipinski definition) is 6. The molecule has 0 bridgehead atoms. The molecule has 1 N–H and O–H groups in total. The van der Waals surface area contributed by atoms with Crippen molar-refractivity contribution in [2.75, 3.05) is 12.4 Å². The number of rotatable bonds is 5. The normalized spacial score (nSPS) is 11.1. The van der Waals surface area contributed by atoms with Crippen molar-refractivity contribution in [2.24, 2.45) is 0 Å². The predicted molar refractivity (Wildman–Crippen MR) is 116 cm³/mol. The van der Waals surface area contributed by atoms with Crippen LogP contribution in [-0.4, -0.2) is 19.0 Å². The smallest absolute Gasteiger partial charge is 0.339 e. The van der Waals surface area contributed by atoms with Gasteiger partial charge in [0.1, 0.15) is 11.2 Å². The molecule has 0 aliphatic rings. The topological polar surface area (TPSA) is 98.8 Å². The van der Waals surface area contributed by atoms with E-state index in [2.05, 4.69) is 5.32 Å². The lowest BCUT2D eigenvalue weighted by molar-refractivity contribution is -0.116. The Morgan fingerprint density at radius 3 is 2.61 bits per heavy atom. The number of para-hydroxylation sites is 1. The zero-order valence-corrected chi connectivity index (χ0v) is 17.4. The monoisotopic (exact) mass is 419 g/mol.